The van der Waals surface area contributed by atoms with Gasteiger partial charge in [-0.25, -0.2) is 14.6 Å². The van der Waals surface area contributed by atoms with Gasteiger partial charge in [0.2, 0.25) is 0 Å². The van der Waals surface area contributed by atoms with E-state index in [1.807, 2.05) is 31.2 Å². The lowest BCUT2D eigenvalue weighted by Gasteiger charge is -2.26. The highest BCUT2D eigenvalue weighted by Crippen LogP contribution is 2.36. The summed E-state index contributed by atoms with van der Waals surface area (Å²) in [4.78, 5) is 44.3. The van der Waals surface area contributed by atoms with Crippen LogP contribution >= 0.6 is 11.3 Å². The minimum absolute atomic E-state index is 0.0590. The van der Waals surface area contributed by atoms with Gasteiger partial charge in [0.1, 0.15) is 29.9 Å². The number of para-hydroxylation sites is 1. The molecule has 228 valence electrons. The fraction of sp³-hybridized carbons (Fsp3) is 0.273. The lowest BCUT2D eigenvalue weighted by atomic mass is 9.95. The Kier molecular flexibility index (Phi) is 9.56. The van der Waals surface area contributed by atoms with Crippen molar-refractivity contribution in [3.8, 4) is 17.1 Å². The Morgan fingerprint density at radius 3 is 2.50 bits per heavy atom. The molecule has 1 atom stereocenters. The Morgan fingerprint density at radius 1 is 1.00 bits per heavy atom. The number of hydrogen-bond acceptors (Lipinski definition) is 10. The van der Waals surface area contributed by atoms with Gasteiger partial charge in [-0.05, 0) is 43.7 Å². The van der Waals surface area contributed by atoms with Gasteiger partial charge in [0.15, 0.2) is 4.80 Å². The van der Waals surface area contributed by atoms with Gasteiger partial charge in [0, 0.05) is 24.3 Å². The number of fused-ring (bicyclic) bond motifs is 1. The average Bonchev–Trinajstić information content (AvgIpc) is 3.63. The number of nitrogens with zero attached hydrogens (tertiary/aromatic N) is 2. The molecule has 0 saturated heterocycles. The number of furan rings is 1. The number of rotatable bonds is 11. The van der Waals surface area contributed by atoms with Crippen LogP contribution < -0.4 is 19.6 Å². The molecule has 10 nitrogen and oxygen atoms in total. The van der Waals surface area contributed by atoms with Crippen molar-refractivity contribution in [3.05, 3.63) is 109 Å². The van der Waals surface area contributed by atoms with E-state index in [-0.39, 0.29) is 24.3 Å². The second-order valence-corrected chi connectivity index (χ2v) is 10.9. The first kappa shape index (κ1) is 30.7. The van der Waals surface area contributed by atoms with Crippen molar-refractivity contribution in [3.63, 3.8) is 0 Å². The number of methoxy groups -OCH3 is 2. The predicted octanol–water partition coefficient (Wildman–Crippen LogP) is 4.26. The highest BCUT2D eigenvalue weighted by molar-refractivity contribution is 7.07. The maximum Gasteiger partial charge on any atom is 0.338 e. The molecule has 5 rings (SSSR count). The molecule has 1 aliphatic heterocycles. The van der Waals surface area contributed by atoms with E-state index < -0.39 is 18.0 Å². The molecule has 0 radical (unpaired) electrons. The van der Waals surface area contributed by atoms with Crippen LogP contribution in [0.5, 0.6) is 5.75 Å². The number of ether oxygens (including phenoxy) is 4. The highest BCUT2D eigenvalue weighted by Gasteiger charge is 2.35. The van der Waals surface area contributed by atoms with E-state index in [1.165, 1.54) is 30.1 Å². The molecule has 0 aliphatic carbocycles. The zero-order valence-corrected chi connectivity index (χ0v) is 25.6. The third kappa shape index (κ3) is 6.29. The normalized spacial score (nSPS) is 14.6. The summed E-state index contributed by atoms with van der Waals surface area (Å²) in [7, 11) is 2.85. The summed E-state index contributed by atoms with van der Waals surface area (Å²) in [5.41, 5.74) is 2.21. The van der Waals surface area contributed by atoms with Crippen molar-refractivity contribution in [2.45, 2.75) is 26.3 Å². The summed E-state index contributed by atoms with van der Waals surface area (Å²) >= 11 is 1.20. The molecule has 44 heavy (non-hydrogen) atoms. The van der Waals surface area contributed by atoms with E-state index in [1.54, 1.807) is 49.4 Å². The average molecular weight is 617 g/mol. The fourth-order valence-electron chi connectivity index (χ4n) is 4.83. The quantitative estimate of drug-likeness (QED) is 0.181. The van der Waals surface area contributed by atoms with Gasteiger partial charge < -0.3 is 23.4 Å². The van der Waals surface area contributed by atoms with Crippen molar-refractivity contribution in [1.82, 2.24) is 4.57 Å². The number of allylic oxidation sites excluding steroid dienone is 1. The smallest absolute Gasteiger partial charge is 0.338 e. The molecule has 3 heterocycles. The monoisotopic (exact) mass is 616 g/mol. The Hall–Kier alpha value is -4.74. The van der Waals surface area contributed by atoms with Crippen molar-refractivity contribution < 1.29 is 33.0 Å². The zero-order valence-electron chi connectivity index (χ0n) is 24.8. The van der Waals surface area contributed by atoms with E-state index in [0.717, 1.165) is 12.0 Å². The minimum atomic E-state index is -0.822. The molecule has 4 aromatic rings. The van der Waals surface area contributed by atoms with Gasteiger partial charge in [0.05, 0.1) is 41.7 Å². The summed E-state index contributed by atoms with van der Waals surface area (Å²) < 4.78 is 29.3. The first-order valence-electron chi connectivity index (χ1n) is 14.0. The van der Waals surface area contributed by atoms with Crippen LogP contribution in [0.15, 0.2) is 86.1 Å². The Labute approximate surface area is 257 Å². The lowest BCUT2D eigenvalue weighted by Crippen LogP contribution is -2.40. The molecule has 0 bridgehead atoms. The standard InChI is InChI=1S/C33H32N2O8S/c1-5-16-41-26-9-7-6-8-24(26)29-28(32(38)42-18-17-39-3)20(2)34-33-35(29)30(36)27(44-33)19-23-14-15-25(43-23)21-10-12-22(13-11-21)31(37)40-4/h6-15,19,29H,5,16-18H2,1-4H3/b27-19+/t29-/m0/s1. The predicted molar refractivity (Wildman–Crippen MR) is 164 cm³/mol. The van der Waals surface area contributed by atoms with Gasteiger partial charge >= 0.3 is 11.9 Å². The molecule has 2 aromatic heterocycles. The van der Waals surface area contributed by atoms with Crippen LogP contribution in [0.4, 0.5) is 0 Å². The van der Waals surface area contributed by atoms with E-state index in [0.29, 0.717) is 50.0 Å². The van der Waals surface area contributed by atoms with Gasteiger partial charge in [0.25, 0.3) is 5.56 Å². The summed E-state index contributed by atoms with van der Waals surface area (Å²) in [6.07, 6.45) is 2.45. The van der Waals surface area contributed by atoms with Crippen molar-refractivity contribution in [1.29, 1.82) is 0 Å². The van der Waals surface area contributed by atoms with Gasteiger partial charge in [-0.3, -0.25) is 9.36 Å². The van der Waals surface area contributed by atoms with E-state index in [2.05, 4.69) is 4.99 Å². The third-order valence-corrected chi connectivity index (χ3v) is 7.91. The molecule has 0 unspecified atom stereocenters. The molecule has 0 spiro atoms. The van der Waals surface area contributed by atoms with Crippen molar-refractivity contribution >= 4 is 29.4 Å². The molecule has 0 amide bonds. The lowest BCUT2D eigenvalue weighted by molar-refractivity contribution is -0.140. The number of benzene rings is 2. The summed E-state index contributed by atoms with van der Waals surface area (Å²) in [5, 5.41) is 0. The van der Waals surface area contributed by atoms with Crippen LogP contribution in [0.1, 0.15) is 48.0 Å². The van der Waals surface area contributed by atoms with E-state index >= 15 is 0 Å². The van der Waals surface area contributed by atoms with Crippen LogP contribution in [0.25, 0.3) is 17.4 Å². The number of aromatic nitrogens is 1. The maximum absolute atomic E-state index is 14.0. The molecule has 0 fully saturated rings. The van der Waals surface area contributed by atoms with Gasteiger partial charge in [-0.1, -0.05) is 48.6 Å². The zero-order chi connectivity index (χ0) is 31.2. The number of carbonyl (C=O) groups is 2. The summed E-state index contributed by atoms with van der Waals surface area (Å²) in [6.45, 7) is 4.51. The topological polar surface area (TPSA) is 119 Å². The van der Waals surface area contributed by atoms with Gasteiger partial charge in [-0.15, -0.1) is 0 Å². The Balaban J connectivity index is 1.58. The second-order valence-electron chi connectivity index (χ2n) is 9.87. The largest absolute Gasteiger partial charge is 0.493 e. The van der Waals surface area contributed by atoms with Crippen LogP contribution in [-0.4, -0.2) is 50.5 Å². The third-order valence-electron chi connectivity index (χ3n) is 6.93. The van der Waals surface area contributed by atoms with Crippen LogP contribution in [-0.2, 0) is 19.0 Å². The number of esters is 2. The SMILES string of the molecule is CCCOc1ccccc1[C@H]1C(C(=O)OCCOC)=C(C)N=c2s/c(=C/c3ccc(-c4ccc(C(=O)OC)cc4)o3)c(=O)n21. The van der Waals surface area contributed by atoms with Gasteiger partial charge in [-0.2, -0.15) is 0 Å². The molecular formula is C33H32N2O8S. The molecular weight excluding hydrogens is 584 g/mol. The van der Waals surface area contributed by atoms with E-state index in [9.17, 15) is 14.4 Å². The summed E-state index contributed by atoms with van der Waals surface area (Å²) in [5.74, 6) is 0.589. The van der Waals surface area contributed by atoms with Crippen molar-refractivity contribution in [2.24, 2.45) is 4.99 Å². The highest BCUT2D eigenvalue weighted by atomic mass is 32.1. The van der Waals surface area contributed by atoms with Crippen LogP contribution in [0.3, 0.4) is 0 Å². The number of carbonyl (C=O) groups excluding carboxylic acids is 2. The molecule has 0 saturated carbocycles. The molecule has 2 aromatic carbocycles. The molecule has 1 aliphatic rings. The minimum Gasteiger partial charge on any atom is -0.493 e. The van der Waals surface area contributed by atoms with Crippen LogP contribution in [0, 0.1) is 0 Å². The fourth-order valence-corrected chi connectivity index (χ4v) is 5.85. The van der Waals surface area contributed by atoms with Crippen molar-refractivity contribution in [2.75, 3.05) is 34.0 Å². The maximum atomic E-state index is 14.0. The second kappa shape index (κ2) is 13.7. The summed E-state index contributed by atoms with van der Waals surface area (Å²) in [6, 6.07) is 16.9. The first-order valence-corrected chi connectivity index (χ1v) is 14.9. The van der Waals surface area contributed by atoms with E-state index in [4.69, 9.17) is 23.4 Å². The number of hydrogen-bond donors (Lipinski definition) is 0. The Morgan fingerprint density at radius 2 is 1.77 bits per heavy atom. The van der Waals surface area contributed by atoms with Crippen LogP contribution in [0.2, 0.25) is 0 Å². The molecule has 11 heteroatoms. The Bertz CT molecular complexity index is 1880. The number of thiazole rings is 1. The molecule has 0 N–H and O–H groups in total. The first-order chi connectivity index (χ1) is 21.4.